The lowest BCUT2D eigenvalue weighted by molar-refractivity contribution is -0.147. The number of alkyl halides is 6. The molecule has 0 saturated heterocycles. The van der Waals surface area contributed by atoms with Crippen LogP contribution in [-0.4, -0.2) is 14.7 Å². The molecule has 0 saturated carbocycles. The van der Waals surface area contributed by atoms with Crippen LogP contribution in [0, 0.1) is 0 Å². The van der Waals surface area contributed by atoms with Gasteiger partial charge in [-0.2, -0.15) is 37.2 Å². The minimum absolute atomic E-state index is 0.251. The Kier molecular flexibility index (Phi) is 6.16. The van der Waals surface area contributed by atoms with Gasteiger partial charge in [0.15, 0.2) is 9.84 Å². The number of benzene rings is 3. The molecular formula is C21H16F6O2S2. The number of rotatable bonds is 4. The highest BCUT2D eigenvalue weighted by molar-refractivity contribution is 8.17. The quantitative estimate of drug-likeness (QED) is 0.338. The summed E-state index contributed by atoms with van der Waals surface area (Å²) in [7, 11) is -6.65. The molecule has 0 N–H and O–H groups in total. The van der Waals surface area contributed by atoms with Gasteiger partial charge in [-0.1, -0.05) is 36.4 Å². The maximum absolute atomic E-state index is 13.8. The summed E-state index contributed by atoms with van der Waals surface area (Å²) in [6.45, 7) is 0. The highest BCUT2D eigenvalue weighted by Gasteiger charge is 2.45. The fraction of sp³-hybridized carbons (Fsp3) is 0.143. The van der Waals surface area contributed by atoms with Crippen LogP contribution in [0.3, 0.4) is 0 Å². The van der Waals surface area contributed by atoms with Gasteiger partial charge in [-0.05, 0) is 51.1 Å². The van der Waals surface area contributed by atoms with Crippen LogP contribution in [0.5, 0.6) is 0 Å². The third-order valence-corrected chi connectivity index (χ3v) is 7.93. The monoisotopic (exact) mass is 478 g/mol. The molecule has 0 bridgehead atoms. The van der Waals surface area contributed by atoms with E-state index in [1.54, 1.807) is 60.7 Å². The first-order chi connectivity index (χ1) is 14.3. The molecule has 0 aliphatic carbocycles. The van der Waals surface area contributed by atoms with E-state index in [4.69, 9.17) is 0 Å². The van der Waals surface area contributed by atoms with E-state index in [-0.39, 0.29) is 4.90 Å². The van der Waals surface area contributed by atoms with Crippen molar-refractivity contribution in [2.75, 3.05) is 6.26 Å². The van der Waals surface area contributed by atoms with E-state index in [1.165, 1.54) is 0 Å². The van der Waals surface area contributed by atoms with E-state index in [1.807, 2.05) is 0 Å². The van der Waals surface area contributed by atoms with E-state index in [9.17, 15) is 34.8 Å². The molecule has 0 aromatic heterocycles. The lowest BCUT2D eigenvalue weighted by atomic mass is 10.1. The first-order valence-corrected chi connectivity index (χ1v) is 12.0. The van der Waals surface area contributed by atoms with Crippen molar-refractivity contribution in [3.63, 3.8) is 0 Å². The SMILES string of the molecule is CS(=O)(=O)c1c(C(F)(F)F)cc([SH](c2ccccc2)c2ccccc2)cc1C(F)(F)F. The van der Waals surface area contributed by atoms with Crippen LogP contribution in [-0.2, 0) is 22.2 Å². The molecule has 0 aliphatic rings. The van der Waals surface area contributed by atoms with Crippen molar-refractivity contribution in [3.05, 3.63) is 83.9 Å². The Bertz CT molecular complexity index is 1100. The Morgan fingerprint density at radius 3 is 1.29 bits per heavy atom. The number of hydrogen-bond acceptors (Lipinski definition) is 2. The lowest BCUT2D eigenvalue weighted by Crippen LogP contribution is -2.20. The summed E-state index contributed by atoms with van der Waals surface area (Å²) in [6.07, 6.45) is -10.3. The smallest absolute Gasteiger partial charge is 0.224 e. The zero-order valence-electron chi connectivity index (χ0n) is 15.9. The molecule has 0 radical (unpaired) electrons. The summed E-state index contributed by atoms with van der Waals surface area (Å²) in [5.41, 5.74) is -3.64. The van der Waals surface area contributed by atoms with Crippen molar-refractivity contribution in [3.8, 4) is 0 Å². The number of thiol groups is 1. The molecule has 0 heterocycles. The lowest BCUT2D eigenvalue weighted by Gasteiger charge is -2.27. The van der Waals surface area contributed by atoms with Crippen LogP contribution < -0.4 is 0 Å². The van der Waals surface area contributed by atoms with Gasteiger partial charge in [0.1, 0.15) is 0 Å². The third kappa shape index (κ3) is 5.07. The van der Waals surface area contributed by atoms with Crippen molar-refractivity contribution >= 4 is 20.7 Å². The molecule has 0 spiro atoms. The van der Waals surface area contributed by atoms with E-state index >= 15 is 0 Å². The van der Waals surface area contributed by atoms with Gasteiger partial charge in [-0.25, -0.2) is 8.42 Å². The van der Waals surface area contributed by atoms with Gasteiger partial charge >= 0.3 is 12.4 Å². The predicted octanol–water partition coefficient (Wildman–Crippen LogP) is 6.61. The van der Waals surface area contributed by atoms with Crippen LogP contribution in [0.4, 0.5) is 26.3 Å². The fourth-order valence-electron chi connectivity index (χ4n) is 3.16. The Morgan fingerprint density at radius 2 is 1.00 bits per heavy atom. The second-order valence-corrected chi connectivity index (χ2v) is 10.8. The first-order valence-electron chi connectivity index (χ1n) is 8.73. The van der Waals surface area contributed by atoms with E-state index < -0.39 is 49.1 Å². The van der Waals surface area contributed by atoms with E-state index in [0.29, 0.717) is 28.2 Å². The van der Waals surface area contributed by atoms with Gasteiger partial charge in [0.2, 0.25) is 0 Å². The van der Waals surface area contributed by atoms with Crippen LogP contribution in [0.15, 0.2) is 92.4 Å². The maximum atomic E-state index is 13.8. The molecule has 31 heavy (non-hydrogen) atoms. The molecule has 3 aromatic carbocycles. The van der Waals surface area contributed by atoms with Crippen molar-refractivity contribution in [1.82, 2.24) is 0 Å². The average molecular weight is 478 g/mol. The molecule has 3 rings (SSSR count). The zero-order valence-corrected chi connectivity index (χ0v) is 17.6. The molecule has 0 atom stereocenters. The fourth-order valence-corrected chi connectivity index (χ4v) is 6.66. The zero-order chi connectivity index (χ0) is 23.0. The first kappa shape index (κ1) is 23.2. The highest BCUT2D eigenvalue weighted by atomic mass is 32.2. The average Bonchev–Trinajstić information content (AvgIpc) is 2.67. The van der Waals surface area contributed by atoms with Gasteiger partial charge in [0.25, 0.3) is 0 Å². The molecule has 0 amide bonds. The van der Waals surface area contributed by atoms with E-state index in [0.717, 1.165) is 0 Å². The van der Waals surface area contributed by atoms with Crippen LogP contribution in [0.1, 0.15) is 11.1 Å². The summed E-state index contributed by atoms with van der Waals surface area (Å²) in [5.74, 6) is 0. The topological polar surface area (TPSA) is 34.1 Å². The normalized spacial score (nSPS) is 13.2. The molecule has 0 fully saturated rings. The molecule has 2 nitrogen and oxygen atoms in total. The minimum atomic E-state index is -5.30. The Balaban J connectivity index is 2.44. The molecule has 0 aliphatic heterocycles. The van der Waals surface area contributed by atoms with Gasteiger partial charge in [-0.3, -0.25) is 0 Å². The van der Waals surface area contributed by atoms with Gasteiger partial charge in [0, 0.05) is 6.26 Å². The minimum Gasteiger partial charge on any atom is -0.224 e. The Labute approximate surface area is 177 Å². The molecule has 3 aromatic rings. The highest BCUT2D eigenvalue weighted by Crippen LogP contribution is 2.54. The Morgan fingerprint density at radius 1 is 0.645 bits per heavy atom. The molecule has 166 valence electrons. The molecule has 0 unspecified atom stereocenters. The summed E-state index contributed by atoms with van der Waals surface area (Å²) in [4.78, 5) is -0.958. The second-order valence-electron chi connectivity index (χ2n) is 6.64. The van der Waals surface area contributed by atoms with Crippen molar-refractivity contribution in [2.24, 2.45) is 0 Å². The summed E-state index contributed by atoms with van der Waals surface area (Å²) < 4.78 is 107. The van der Waals surface area contributed by atoms with E-state index in [2.05, 4.69) is 0 Å². The van der Waals surface area contributed by atoms with Crippen LogP contribution >= 0.6 is 10.9 Å². The number of hydrogen-bond donors (Lipinski definition) is 1. The second kappa shape index (κ2) is 8.23. The van der Waals surface area contributed by atoms with Gasteiger partial charge < -0.3 is 0 Å². The third-order valence-electron chi connectivity index (χ3n) is 4.34. The summed E-state index contributed by atoms with van der Waals surface area (Å²) in [6, 6.07) is 17.4. The van der Waals surface area contributed by atoms with Gasteiger partial charge in [-0.15, -0.1) is 0 Å². The van der Waals surface area contributed by atoms with Gasteiger partial charge in [0.05, 0.1) is 16.0 Å². The van der Waals surface area contributed by atoms with Crippen LogP contribution in [0.25, 0.3) is 0 Å². The number of sulfone groups is 1. The van der Waals surface area contributed by atoms with Crippen molar-refractivity contribution < 1.29 is 34.8 Å². The van der Waals surface area contributed by atoms with Crippen molar-refractivity contribution in [2.45, 2.75) is 31.9 Å². The predicted molar refractivity (Wildman–Crippen MR) is 106 cm³/mol. The largest absolute Gasteiger partial charge is 0.417 e. The van der Waals surface area contributed by atoms with Crippen LogP contribution in [0.2, 0.25) is 0 Å². The standard InChI is InChI=1S/C21H16F6O2S2/c1-31(28,29)19-17(20(22,23)24)12-16(13-18(19)21(25,26)27)30(14-8-4-2-5-9-14)15-10-6-3-7-11-15/h2-13,30H,1H3. The molecule has 10 heteroatoms. The number of halogens is 6. The maximum Gasteiger partial charge on any atom is 0.417 e. The summed E-state index contributed by atoms with van der Waals surface area (Å²) in [5, 5.41) is 0. The Hall–Kier alpha value is -2.46. The summed E-state index contributed by atoms with van der Waals surface area (Å²) >= 11 is 0. The molecular weight excluding hydrogens is 462 g/mol. The van der Waals surface area contributed by atoms with Crippen molar-refractivity contribution in [1.29, 1.82) is 0 Å².